The molecule has 0 aromatic heterocycles. The minimum atomic E-state index is -0.133. The van der Waals surface area contributed by atoms with Gasteiger partial charge in [-0.05, 0) is 25.3 Å². The Balaban J connectivity index is 2.44. The highest BCUT2D eigenvalue weighted by Gasteiger charge is 2.39. The summed E-state index contributed by atoms with van der Waals surface area (Å²) in [6.07, 6.45) is 4.22. The van der Waals surface area contributed by atoms with Gasteiger partial charge >= 0.3 is 0 Å². The highest BCUT2D eigenvalue weighted by Crippen LogP contribution is 2.29. The minimum Gasteiger partial charge on any atom is -0.355 e. The predicted octanol–water partition coefficient (Wildman–Crippen LogP) is 1.93. The Morgan fingerprint density at radius 2 is 2.06 bits per heavy atom. The number of amides is 1. The zero-order valence-electron chi connectivity index (χ0n) is 10.9. The molecule has 0 spiro atoms. The summed E-state index contributed by atoms with van der Waals surface area (Å²) in [5, 5.41) is 6.44. The fraction of sp³-hybridized carbons (Fsp3) is 0.923. The Labute approximate surface area is 99.4 Å². The van der Waals surface area contributed by atoms with E-state index < -0.39 is 0 Å². The molecule has 0 aliphatic carbocycles. The van der Waals surface area contributed by atoms with Crippen LogP contribution in [0.15, 0.2) is 0 Å². The van der Waals surface area contributed by atoms with Gasteiger partial charge in [0.25, 0.3) is 0 Å². The molecule has 3 heteroatoms. The molecule has 0 saturated carbocycles. The first-order valence-electron chi connectivity index (χ1n) is 6.67. The Bertz CT molecular complexity index is 218. The van der Waals surface area contributed by atoms with Gasteiger partial charge in [0.1, 0.15) is 0 Å². The van der Waals surface area contributed by atoms with Gasteiger partial charge in [-0.25, -0.2) is 0 Å². The predicted molar refractivity (Wildman–Crippen MR) is 67.3 cm³/mol. The quantitative estimate of drug-likeness (QED) is 0.726. The average Bonchev–Trinajstić information content (AvgIpc) is 2.80. The average molecular weight is 226 g/mol. The number of nitrogens with one attached hydrogen (secondary N) is 2. The van der Waals surface area contributed by atoms with Gasteiger partial charge in [0, 0.05) is 13.1 Å². The number of hydrogen-bond donors (Lipinski definition) is 2. The van der Waals surface area contributed by atoms with Crippen molar-refractivity contribution in [3.05, 3.63) is 0 Å². The zero-order chi connectivity index (χ0) is 12.0. The lowest BCUT2D eigenvalue weighted by atomic mass is 9.83. The van der Waals surface area contributed by atoms with Crippen LogP contribution < -0.4 is 10.6 Å². The molecule has 1 fully saturated rings. The summed E-state index contributed by atoms with van der Waals surface area (Å²) < 4.78 is 0. The van der Waals surface area contributed by atoms with Crippen molar-refractivity contribution in [1.29, 1.82) is 0 Å². The third kappa shape index (κ3) is 2.97. The fourth-order valence-electron chi connectivity index (χ4n) is 2.40. The number of rotatable bonds is 6. The molecule has 94 valence electrons. The molecule has 1 saturated heterocycles. The van der Waals surface area contributed by atoms with E-state index >= 15 is 0 Å². The molecule has 1 heterocycles. The lowest BCUT2D eigenvalue weighted by Crippen LogP contribution is -2.43. The van der Waals surface area contributed by atoms with Crippen molar-refractivity contribution >= 4 is 5.91 Å². The topological polar surface area (TPSA) is 41.1 Å². The maximum absolute atomic E-state index is 12.2. The van der Waals surface area contributed by atoms with Crippen LogP contribution in [0.1, 0.15) is 46.5 Å². The van der Waals surface area contributed by atoms with Crippen molar-refractivity contribution in [2.75, 3.05) is 19.6 Å². The number of hydrogen-bond acceptors (Lipinski definition) is 2. The van der Waals surface area contributed by atoms with Crippen LogP contribution in [0, 0.1) is 11.3 Å². The SMILES string of the molecule is CCC(CC)CNC(=O)C1(CC)CCNC1. The smallest absolute Gasteiger partial charge is 0.227 e. The first-order valence-corrected chi connectivity index (χ1v) is 6.67. The maximum atomic E-state index is 12.2. The second-order valence-corrected chi connectivity index (χ2v) is 4.95. The molecule has 2 N–H and O–H groups in total. The summed E-state index contributed by atoms with van der Waals surface area (Å²) in [5.74, 6) is 0.888. The van der Waals surface area contributed by atoms with Crippen LogP contribution in [0.25, 0.3) is 0 Å². The van der Waals surface area contributed by atoms with Crippen molar-refractivity contribution in [3.8, 4) is 0 Å². The van der Waals surface area contributed by atoms with Crippen LogP contribution in [-0.2, 0) is 4.79 Å². The summed E-state index contributed by atoms with van der Waals surface area (Å²) in [4.78, 5) is 12.2. The summed E-state index contributed by atoms with van der Waals surface area (Å²) in [7, 11) is 0. The molecule has 1 rings (SSSR count). The van der Waals surface area contributed by atoms with Gasteiger partial charge < -0.3 is 10.6 Å². The van der Waals surface area contributed by atoms with Crippen LogP contribution >= 0.6 is 0 Å². The number of carbonyl (C=O) groups is 1. The van der Waals surface area contributed by atoms with Gasteiger partial charge in [-0.3, -0.25) is 4.79 Å². The molecule has 0 aromatic carbocycles. The summed E-state index contributed by atoms with van der Waals surface area (Å²) in [5.41, 5.74) is -0.133. The molecule has 1 aliphatic heterocycles. The van der Waals surface area contributed by atoms with Gasteiger partial charge in [-0.2, -0.15) is 0 Å². The van der Waals surface area contributed by atoms with Crippen LogP contribution in [0.3, 0.4) is 0 Å². The standard InChI is InChI=1S/C13H26N2O/c1-4-11(5-2)9-15-12(16)13(6-3)7-8-14-10-13/h11,14H,4-10H2,1-3H3,(H,15,16). The monoisotopic (exact) mass is 226 g/mol. The van der Waals surface area contributed by atoms with Gasteiger partial charge in [-0.1, -0.05) is 33.6 Å². The van der Waals surface area contributed by atoms with Crippen molar-refractivity contribution in [3.63, 3.8) is 0 Å². The van der Waals surface area contributed by atoms with Crippen molar-refractivity contribution < 1.29 is 4.79 Å². The second-order valence-electron chi connectivity index (χ2n) is 4.95. The van der Waals surface area contributed by atoms with Crippen molar-refractivity contribution in [2.45, 2.75) is 46.5 Å². The van der Waals surface area contributed by atoms with E-state index in [9.17, 15) is 4.79 Å². The zero-order valence-corrected chi connectivity index (χ0v) is 10.9. The largest absolute Gasteiger partial charge is 0.355 e. The first-order chi connectivity index (χ1) is 7.68. The van der Waals surface area contributed by atoms with E-state index in [-0.39, 0.29) is 11.3 Å². The molecule has 3 nitrogen and oxygen atoms in total. The van der Waals surface area contributed by atoms with Crippen LogP contribution in [0.5, 0.6) is 0 Å². The molecule has 0 radical (unpaired) electrons. The van der Waals surface area contributed by atoms with Crippen LogP contribution in [-0.4, -0.2) is 25.5 Å². The van der Waals surface area contributed by atoms with E-state index in [1.54, 1.807) is 0 Å². The summed E-state index contributed by atoms with van der Waals surface area (Å²) in [6, 6.07) is 0. The summed E-state index contributed by atoms with van der Waals surface area (Å²) in [6.45, 7) is 9.15. The van der Waals surface area contributed by atoms with Gasteiger partial charge in [0.05, 0.1) is 5.41 Å². The van der Waals surface area contributed by atoms with E-state index in [1.807, 2.05) is 0 Å². The normalized spacial score (nSPS) is 25.0. The Kier molecular flexibility index (Phi) is 5.26. The maximum Gasteiger partial charge on any atom is 0.227 e. The Hall–Kier alpha value is -0.570. The molecule has 0 bridgehead atoms. The minimum absolute atomic E-state index is 0.133. The first kappa shape index (κ1) is 13.5. The Morgan fingerprint density at radius 1 is 1.38 bits per heavy atom. The molecule has 1 unspecified atom stereocenters. The molecule has 1 amide bonds. The van der Waals surface area contributed by atoms with Crippen molar-refractivity contribution in [2.24, 2.45) is 11.3 Å². The van der Waals surface area contributed by atoms with E-state index in [2.05, 4.69) is 31.4 Å². The van der Waals surface area contributed by atoms with Crippen LogP contribution in [0.4, 0.5) is 0 Å². The lowest BCUT2D eigenvalue weighted by molar-refractivity contribution is -0.130. The Morgan fingerprint density at radius 3 is 2.50 bits per heavy atom. The fourth-order valence-corrected chi connectivity index (χ4v) is 2.40. The highest BCUT2D eigenvalue weighted by atomic mass is 16.2. The highest BCUT2D eigenvalue weighted by molar-refractivity contribution is 5.83. The van der Waals surface area contributed by atoms with E-state index in [4.69, 9.17) is 0 Å². The van der Waals surface area contributed by atoms with Crippen LogP contribution in [0.2, 0.25) is 0 Å². The van der Waals surface area contributed by atoms with E-state index in [1.165, 1.54) is 0 Å². The van der Waals surface area contributed by atoms with Gasteiger partial charge in [-0.15, -0.1) is 0 Å². The van der Waals surface area contributed by atoms with E-state index in [0.29, 0.717) is 5.92 Å². The van der Waals surface area contributed by atoms with Gasteiger partial charge in [0.2, 0.25) is 5.91 Å². The third-order valence-corrected chi connectivity index (χ3v) is 4.11. The molecule has 1 aliphatic rings. The second kappa shape index (κ2) is 6.24. The van der Waals surface area contributed by atoms with Crippen molar-refractivity contribution in [1.82, 2.24) is 10.6 Å². The lowest BCUT2D eigenvalue weighted by Gasteiger charge is -2.26. The molecule has 0 aromatic rings. The molecular weight excluding hydrogens is 200 g/mol. The molecule has 1 atom stereocenters. The third-order valence-electron chi connectivity index (χ3n) is 4.11. The summed E-state index contributed by atoms with van der Waals surface area (Å²) >= 11 is 0. The number of carbonyl (C=O) groups excluding carboxylic acids is 1. The van der Waals surface area contributed by atoms with E-state index in [0.717, 1.165) is 45.3 Å². The molecular formula is C13H26N2O. The molecule has 16 heavy (non-hydrogen) atoms. The van der Waals surface area contributed by atoms with Gasteiger partial charge in [0.15, 0.2) is 0 Å².